The first-order valence-corrected chi connectivity index (χ1v) is 4.90. The van der Waals surface area contributed by atoms with E-state index in [-0.39, 0.29) is 5.82 Å². The minimum absolute atomic E-state index is 0.326. The molecule has 0 spiro atoms. The Hall–Kier alpha value is -0.800. The molecule has 1 atom stereocenters. The Labute approximate surface area is 88.2 Å². The Morgan fingerprint density at radius 3 is 2.86 bits per heavy atom. The summed E-state index contributed by atoms with van der Waals surface area (Å²) in [4.78, 5) is 0. The molecule has 2 nitrogen and oxygen atoms in total. The van der Waals surface area contributed by atoms with Crippen molar-refractivity contribution in [1.82, 2.24) is 0 Å². The fraction of sp³-hybridized carbons (Fsp3) is 0.400. The average molecular weight is 217 g/mol. The second-order valence-corrected chi connectivity index (χ2v) is 3.75. The van der Waals surface area contributed by atoms with Crippen LogP contribution in [-0.2, 0) is 0 Å². The first kappa shape index (κ1) is 11.3. The first-order chi connectivity index (χ1) is 6.63. The van der Waals surface area contributed by atoms with E-state index >= 15 is 0 Å². The van der Waals surface area contributed by atoms with Crippen molar-refractivity contribution < 1.29 is 4.39 Å². The summed E-state index contributed by atoms with van der Waals surface area (Å²) in [5, 5.41) is 3.51. The molecule has 0 bridgehead atoms. The van der Waals surface area contributed by atoms with Gasteiger partial charge in [0.05, 0.1) is 10.7 Å². The van der Waals surface area contributed by atoms with E-state index in [4.69, 9.17) is 17.3 Å². The zero-order valence-electron chi connectivity index (χ0n) is 8.06. The molecule has 0 aliphatic carbocycles. The lowest BCUT2D eigenvalue weighted by Gasteiger charge is -2.12. The third kappa shape index (κ3) is 3.16. The molecule has 1 aromatic carbocycles. The van der Waals surface area contributed by atoms with Crippen LogP contribution in [0, 0.1) is 11.7 Å². The number of benzene rings is 1. The van der Waals surface area contributed by atoms with Crippen LogP contribution in [-0.4, -0.2) is 13.1 Å². The summed E-state index contributed by atoms with van der Waals surface area (Å²) in [7, 11) is 0. The van der Waals surface area contributed by atoms with E-state index < -0.39 is 0 Å². The molecule has 0 radical (unpaired) electrons. The van der Waals surface area contributed by atoms with Crippen LogP contribution in [0.5, 0.6) is 0 Å². The van der Waals surface area contributed by atoms with Gasteiger partial charge in [0.2, 0.25) is 0 Å². The van der Waals surface area contributed by atoms with Gasteiger partial charge in [-0.15, -0.1) is 0 Å². The van der Waals surface area contributed by atoms with Crippen LogP contribution < -0.4 is 11.1 Å². The molecule has 1 aromatic rings. The molecule has 1 unspecified atom stereocenters. The first-order valence-electron chi connectivity index (χ1n) is 4.52. The number of nitrogens with two attached hydrogens (primary N) is 1. The van der Waals surface area contributed by atoms with Crippen molar-refractivity contribution in [2.24, 2.45) is 11.7 Å². The summed E-state index contributed by atoms with van der Waals surface area (Å²) in [6.45, 7) is 3.39. The van der Waals surface area contributed by atoms with E-state index in [2.05, 4.69) is 5.32 Å². The largest absolute Gasteiger partial charge is 0.384 e. The van der Waals surface area contributed by atoms with E-state index in [9.17, 15) is 4.39 Å². The minimum atomic E-state index is -0.326. The Balaban J connectivity index is 2.59. The van der Waals surface area contributed by atoms with E-state index in [1.807, 2.05) is 6.92 Å². The van der Waals surface area contributed by atoms with E-state index in [1.54, 1.807) is 6.07 Å². The molecule has 0 fully saturated rings. The summed E-state index contributed by atoms with van der Waals surface area (Å²) in [5.74, 6) is 0.0449. The van der Waals surface area contributed by atoms with Gasteiger partial charge in [0.1, 0.15) is 5.82 Å². The van der Waals surface area contributed by atoms with Crippen molar-refractivity contribution >= 4 is 17.3 Å². The highest BCUT2D eigenvalue weighted by Crippen LogP contribution is 2.22. The highest BCUT2D eigenvalue weighted by atomic mass is 35.5. The maximum absolute atomic E-state index is 12.7. The van der Waals surface area contributed by atoms with Crippen LogP contribution in [0.3, 0.4) is 0 Å². The average Bonchev–Trinajstić information content (AvgIpc) is 2.16. The lowest BCUT2D eigenvalue weighted by atomic mass is 10.2. The molecular formula is C10H14ClFN2. The standard InChI is InChI=1S/C10H14ClFN2/c1-7(5-13)6-14-10-3-2-8(12)4-9(10)11/h2-4,7,14H,5-6,13H2,1H3. The topological polar surface area (TPSA) is 38.0 Å². The summed E-state index contributed by atoms with van der Waals surface area (Å²) < 4.78 is 12.7. The number of halogens is 2. The van der Waals surface area contributed by atoms with Gasteiger partial charge in [-0.05, 0) is 30.7 Å². The van der Waals surface area contributed by atoms with Gasteiger partial charge in [-0.25, -0.2) is 4.39 Å². The number of anilines is 1. The molecule has 0 aromatic heterocycles. The molecule has 78 valence electrons. The fourth-order valence-electron chi connectivity index (χ4n) is 1.00. The molecular weight excluding hydrogens is 203 g/mol. The highest BCUT2D eigenvalue weighted by Gasteiger charge is 2.03. The van der Waals surface area contributed by atoms with E-state index in [1.165, 1.54) is 12.1 Å². The van der Waals surface area contributed by atoms with Gasteiger partial charge >= 0.3 is 0 Å². The monoisotopic (exact) mass is 216 g/mol. The van der Waals surface area contributed by atoms with Crippen LogP contribution >= 0.6 is 11.6 Å². The third-order valence-corrected chi connectivity index (χ3v) is 2.29. The van der Waals surface area contributed by atoms with Gasteiger partial charge < -0.3 is 11.1 Å². The van der Waals surface area contributed by atoms with Gasteiger partial charge in [-0.2, -0.15) is 0 Å². The molecule has 4 heteroatoms. The van der Waals surface area contributed by atoms with Gasteiger partial charge in [0.25, 0.3) is 0 Å². The van der Waals surface area contributed by atoms with Crippen molar-refractivity contribution in [1.29, 1.82) is 0 Å². The maximum Gasteiger partial charge on any atom is 0.124 e. The van der Waals surface area contributed by atoms with Gasteiger partial charge in [-0.1, -0.05) is 18.5 Å². The van der Waals surface area contributed by atoms with Crippen LogP contribution in [0.1, 0.15) is 6.92 Å². The van der Waals surface area contributed by atoms with Crippen LogP contribution in [0.25, 0.3) is 0 Å². The smallest absolute Gasteiger partial charge is 0.124 e. The zero-order valence-corrected chi connectivity index (χ0v) is 8.81. The second kappa shape index (κ2) is 5.17. The molecule has 1 rings (SSSR count). The quantitative estimate of drug-likeness (QED) is 0.812. The van der Waals surface area contributed by atoms with Gasteiger partial charge in [0, 0.05) is 6.54 Å². The molecule has 0 saturated heterocycles. The lowest BCUT2D eigenvalue weighted by molar-refractivity contribution is 0.624. The summed E-state index contributed by atoms with van der Waals surface area (Å²) in [6.07, 6.45) is 0. The maximum atomic E-state index is 12.7. The zero-order chi connectivity index (χ0) is 10.6. The Morgan fingerprint density at radius 2 is 2.29 bits per heavy atom. The van der Waals surface area contributed by atoms with Crippen LogP contribution in [0.4, 0.5) is 10.1 Å². The predicted molar refractivity (Wildman–Crippen MR) is 58.1 cm³/mol. The molecule has 0 amide bonds. The van der Waals surface area contributed by atoms with Crippen molar-refractivity contribution in [3.05, 3.63) is 29.0 Å². The summed E-state index contributed by atoms with van der Waals surface area (Å²) in [6, 6.07) is 4.29. The highest BCUT2D eigenvalue weighted by molar-refractivity contribution is 6.33. The van der Waals surface area contributed by atoms with Gasteiger partial charge in [-0.3, -0.25) is 0 Å². The molecule has 0 saturated carbocycles. The molecule has 14 heavy (non-hydrogen) atoms. The number of nitrogens with one attached hydrogen (secondary N) is 1. The van der Waals surface area contributed by atoms with E-state index in [0.717, 1.165) is 12.2 Å². The van der Waals surface area contributed by atoms with Crippen molar-refractivity contribution in [2.45, 2.75) is 6.92 Å². The fourth-order valence-corrected chi connectivity index (χ4v) is 1.23. The molecule has 3 N–H and O–H groups in total. The minimum Gasteiger partial charge on any atom is -0.384 e. The van der Waals surface area contributed by atoms with Crippen molar-refractivity contribution in [2.75, 3.05) is 18.4 Å². The predicted octanol–water partition coefficient (Wildman–Crippen LogP) is 2.49. The number of hydrogen-bond acceptors (Lipinski definition) is 2. The summed E-state index contributed by atoms with van der Waals surface area (Å²) >= 11 is 5.82. The normalized spacial score (nSPS) is 12.6. The SMILES string of the molecule is CC(CN)CNc1ccc(F)cc1Cl. The number of rotatable bonds is 4. The Morgan fingerprint density at radius 1 is 1.57 bits per heavy atom. The van der Waals surface area contributed by atoms with Crippen molar-refractivity contribution in [3.63, 3.8) is 0 Å². The van der Waals surface area contributed by atoms with Crippen LogP contribution in [0.15, 0.2) is 18.2 Å². The Kier molecular flexibility index (Phi) is 4.17. The summed E-state index contributed by atoms with van der Waals surface area (Å²) in [5.41, 5.74) is 6.21. The van der Waals surface area contributed by atoms with Gasteiger partial charge in [0.15, 0.2) is 0 Å². The van der Waals surface area contributed by atoms with E-state index in [0.29, 0.717) is 17.5 Å². The lowest BCUT2D eigenvalue weighted by Crippen LogP contribution is -2.19. The Bertz CT molecular complexity index is 304. The number of hydrogen-bond donors (Lipinski definition) is 2. The molecule has 0 aliphatic heterocycles. The third-order valence-electron chi connectivity index (χ3n) is 1.97. The molecule has 0 heterocycles. The second-order valence-electron chi connectivity index (χ2n) is 3.35. The van der Waals surface area contributed by atoms with Crippen LogP contribution in [0.2, 0.25) is 5.02 Å². The molecule has 0 aliphatic rings. The van der Waals surface area contributed by atoms with Crippen molar-refractivity contribution in [3.8, 4) is 0 Å².